The van der Waals surface area contributed by atoms with Crippen molar-refractivity contribution in [2.75, 3.05) is 5.48 Å². The molecule has 18 heavy (non-hydrogen) atoms. The van der Waals surface area contributed by atoms with Gasteiger partial charge in [-0.2, -0.15) is 13.2 Å². The van der Waals surface area contributed by atoms with Gasteiger partial charge in [0, 0.05) is 0 Å². The minimum atomic E-state index is -4.42. The summed E-state index contributed by atoms with van der Waals surface area (Å²) < 4.78 is 37.3. The number of alkyl halides is 3. The average Bonchev–Trinajstić information content (AvgIpc) is 2.23. The summed E-state index contributed by atoms with van der Waals surface area (Å²) in [6.45, 7) is 4.93. The van der Waals surface area contributed by atoms with Gasteiger partial charge < -0.3 is 4.84 Å². The highest BCUT2D eigenvalue weighted by molar-refractivity contribution is 5.76. The number of hydrogen-bond donors (Lipinski definition) is 1. The van der Waals surface area contributed by atoms with Crippen molar-refractivity contribution in [2.24, 2.45) is 5.41 Å². The Balaban J connectivity index is 2.73. The summed E-state index contributed by atoms with van der Waals surface area (Å²) in [6.07, 6.45) is -4.42. The van der Waals surface area contributed by atoms with Crippen molar-refractivity contribution >= 4 is 11.7 Å². The van der Waals surface area contributed by atoms with Crippen LogP contribution in [0.5, 0.6) is 0 Å². The second-order valence-electron chi connectivity index (χ2n) is 4.82. The second kappa shape index (κ2) is 4.88. The lowest BCUT2D eigenvalue weighted by atomic mass is 9.98. The van der Waals surface area contributed by atoms with E-state index in [0.29, 0.717) is 0 Å². The monoisotopic (exact) mass is 261 g/mol. The maximum absolute atomic E-state index is 12.4. The van der Waals surface area contributed by atoms with Crippen LogP contribution in [0.2, 0.25) is 0 Å². The van der Waals surface area contributed by atoms with Gasteiger partial charge in [-0.25, -0.2) is 10.3 Å². The quantitative estimate of drug-likeness (QED) is 0.826. The fourth-order valence-corrected chi connectivity index (χ4v) is 1.02. The van der Waals surface area contributed by atoms with Crippen LogP contribution in [0.1, 0.15) is 26.3 Å². The zero-order chi connectivity index (χ0) is 14.0. The van der Waals surface area contributed by atoms with Gasteiger partial charge in [0.2, 0.25) is 0 Å². The number of hydrogen-bond acceptors (Lipinski definition) is 3. The molecule has 1 N–H and O–H groups in total. The van der Waals surface area contributed by atoms with E-state index in [1.807, 2.05) is 0 Å². The first-order valence-corrected chi connectivity index (χ1v) is 5.25. The molecule has 0 saturated carbocycles. The first-order chi connectivity index (χ1) is 8.10. The topological polar surface area (TPSA) is 38.3 Å². The van der Waals surface area contributed by atoms with Gasteiger partial charge in [0.1, 0.15) is 0 Å². The average molecular weight is 261 g/mol. The smallest absolute Gasteiger partial charge is 0.343 e. The number of rotatable bonds is 2. The zero-order valence-electron chi connectivity index (χ0n) is 10.3. The summed E-state index contributed by atoms with van der Waals surface area (Å²) in [7, 11) is 0. The van der Waals surface area contributed by atoms with Gasteiger partial charge in [-0.05, 0) is 39.0 Å². The third-order valence-corrected chi connectivity index (χ3v) is 2.06. The number of carbonyl (C=O) groups is 1. The fraction of sp³-hybridized carbons (Fsp3) is 0.417. The summed E-state index contributed by atoms with van der Waals surface area (Å²) in [4.78, 5) is 16.1. The predicted molar refractivity (Wildman–Crippen MR) is 60.6 cm³/mol. The first-order valence-electron chi connectivity index (χ1n) is 5.25. The van der Waals surface area contributed by atoms with Crippen molar-refractivity contribution in [3.05, 3.63) is 29.8 Å². The molecule has 0 aliphatic carbocycles. The molecule has 100 valence electrons. The van der Waals surface area contributed by atoms with Crippen LogP contribution in [0, 0.1) is 5.41 Å². The van der Waals surface area contributed by atoms with Gasteiger partial charge >= 0.3 is 12.1 Å². The summed E-state index contributed by atoms with van der Waals surface area (Å²) in [5, 5.41) is 0. The molecule has 0 saturated heterocycles. The molecule has 1 aromatic rings. The summed E-state index contributed by atoms with van der Waals surface area (Å²) in [5.41, 5.74) is 0.752. The maximum atomic E-state index is 12.4. The number of nitrogens with one attached hydrogen (secondary N) is 1. The summed E-state index contributed by atoms with van der Waals surface area (Å²) >= 11 is 0. The minimum Gasteiger partial charge on any atom is -0.343 e. The van der Waals surface area contributed by atoms with Gasteiger partial charge in [-0.1, -0.05) is 6.07 Å². The van der Waals surface area contributed by atoms with Gasteiger partial charge in [0.15, 0.2) is 0 Å². The van der Waals surface area contributed by atoms with Gasteiger partial charge in [0.05, 0.1) is 16.7 Å². The van der Waals surface area contributed by atoms with Crippen LogP contribution in [0.25, 0.3) is 0 Å². The molecule has 0 atom stereocenters. The van der Waals surface area contributed by atoms with Crippen molar-refractivity contribution in [1.82, 2.24) is 0 Å². The summed E-state index contributed by atoms with van der Waals surface area (Å²) in [5.74, 6) is -0.556. The molecule has 0 spiro atoms. The van der Waals surface area contributed by atoms with Crippen molar-refractivity contribution in [1.29, 1.82) is 0 Å². The Morgan fingerprint density at radius 1 is 1.22 bits per heavy atom. The van der Waals surface area contributed by atoms with E-state index >= 15 is 0 Å². The van der Waals surface area contributed by atoms with E-state index in [9.17, 15) is 18.0 Å². The van der Waals surface area contributed by atoms with Crippen molar-refractivity contribution < 1.29 is 22.8 Å². The predicted octanol–water partition coefficient (Wildman–Crippen LogP) is 3.62. The molecule has 0 aromatic heterocycles. The highest BCUT2D eigenvalue weighted by Crippen LogP contribution is 2.30. The molecule has 1 aromatic carbocycles. The van der Waals surface area contributed by atoms with E-state index in [2.05, 4.69) is 5.48 Å². The maximum Gasteiger partial charge on any atom is 0.416 e. The lowest BCUT2D eigenvalue weighted by Crippen LogP contribution is -2.25. The molecule has 0 amide bonds. The normalized spacial score (nSPS) is 12.1. The van der Waals surface area contributed by atoms with Crippen LogP contribution in [0.4, 0.5) is 18.9 Å². The number of halogens is 3. The van der Waals surface area contributed by atoms with Gasteiger partial charge in [0.25, 0.3) is 0 Å². The van der Waals surface area contributed by atoms with Crippen LogP contribution in [0.15, 0.2) is 24.3 Å². The Kier molecular flexibility index (Phi) is 3.88. The highest BCUT2D eigenvalue weighted by Gasteiger charge is 2.30. The molecule has 0 heterocycles. The third-order valence-electron chi connectivity index (χ3n) is 2.06. The Morgan fingerprint density at radius 3 is 2.33 bits per heavy atom. The van der Waals surface area contributed by atoms with E-state index in [1.54, 1.807) is 20.8 Å². The molecule has 3 nitrogen and oxygen atoms in total. The van der Waals surface area contributed by atoms with Crippen LogP contribution in [-0.2, 0) is 15.8 Å². The zero-order valence-corrected chi connectivity index (χ0v) is 10.3. The van der Waals surface area contributed by atoms with E-state index in [1.165, 1.54) is 12.1 Å². The summed E-state index contributed by atoms with van der Waals surface area (Å²) in [6, 6.07) is 4.42. The molecule has 0 aliphatic rings. The molecular formula is C12H14F3NO2. The van der Waals surface area contributed by atoms with E-state index in [4.69, 9.17) is 4.84 Å². The molecule has 1 rings (SSSR count). The van der Waals surface area contributed by atoms with Gasteiger partial charge in [-0.15, -0.1) is 0 Å². The molecule has 0 bridgehead atoms. The van der Waals surface area contributed by atoms with Gasteiger partial charge in [-0.3, -0.25) is 0 Å². The SMILES string of the molecule is CC(C)(C)C(=O)ONc1cccc(C(F)(F)F)c1. The van der Waals surface area contributed by atoms with Crippen LogP contribution < -0.4 is 5.48 Å². The van der Waals surface area contributed by atoms with Crippen molar-refractivity contribution in [3.8, 4) is 0 Å². The Bertz CT molecular complexity index is 436. The Hall–Kier alpha value is -1.72. The van der Waals surface area contributed by atoms with Crippen molar-refractivity contribution in [2.45, 2.75) is 26.9 Å². The minimum absolute atomic E-state index is 0.0717. The number of benzene rings is 1. The Labute approximate surface area is 103 Å². The van der Waals surface area contributed by atoms with Crippen LogP contribution >= 0.6 is 0 Å². The van der Waals surface area contributed by atoms with Crippen LogP contribution in [0.3, 0.4) is 0 Å². The van der Waals surface area contributed by atoms with Crippen molar-refractivity contribution in [3.63, 3.8) is 0 Å². The van der Waals surface area contributed by atoms with E-state index in [-0.39, 0.29) is 5.69 Å². The first kappa shape index (κ1) is 14.3. The molecule has 6 heteroatoms. The lowest BCUT2D eigenvalue weighted by molar-refractivity contribution is -0.149. The molecule has 0 fully saturated rings. The Morgan fingerprint density at radius 2 is 1.83 bits per heavy atom. The third kappa shape index (κ3) is 3.94. The molecule has 0 unspecified atom stereocenters. The standard InChI is InChI=1S/C12H14F3NO2/c1-11(2,3)10(17)18-16-9-6-4-5-8(7-9)12(13,14)15/h4-7,16H,1-3H3. The largest absolute Gasteiger partial charge is 0.416 e. The molecule has 0 aliphatic heterocycles. The van der Waals surface area contributed by atoms with Crippen LogP contribution in [-0.4, -0.2) is 5.97 Å². The number of carbonyl (C=O) groups excluding carboxylic acids is 1. The fourth-order valence-electron chi connectivity index (χ4n) is 1.02. The second-order valence-corrected chi connectivity index (χ2v) is 4.82. The highest BCUT2D eigenvalue weighted by atomic mass is 19.4. The molecular weight excluding hydrogens is 247 g/mol. The lowest BCUT2D eigenvalue weighted by Gasteiger charge is -2.17. The van der Waals surface area contributed by atoms with E-state index in [0.717, 1.165) is 12.1 Å². The van der Waals surface area contributed by atoms with E-state index < -0.39 is 23.1 Å². The number of anilines is 1. The molecule has 0 radical (unpaired) electrons.